The lowest BCUT2D eigenvalue weighted by molar-refractivity contribution is -0.384. The second kappa shape index (κ2) is 7.70. The Labute approximate surface area is 165 Å². The summed E-state index contributed by atoms with van der Waals surface area (Å²) in [5.74, 6) is -0.262. The van der Waals surface area contributed by atoms with E-state index in [0.717, 1.165) is 5.69 Å². The minimum Gasteiger partial charge on any atom is -0.367 e. The third kappa shape index (κ3) is 3.87. The quantitative estimate of drug-likeness (QED) is 0.547. The lowest BCUT2D eigenvalue weighted by atomic mass is 10.1. The molecule has 1 aliphatic heterocycles. The van der Waals surface area contributed by atoms with Crippen LogP contribution in [-0.4, -0.2) is 41.9 Å². The van der Waals surface area contributed by atoms with Crippen molar-refractivity contribution in [3.8, 4) is 0 Å². The van der Waals surface area contributed by atoms with Crippen LogP contribution in [0.1, 0.15) is 10.4 Å². The van der Waals surface area contributed by atoms with Gasteiger partial charge in [0.1, 0.15) is 5.02 Å². The molecule has 9 heteroatoms. The van der Waals surface area contributed by atoms with Crippen LogP contribution in [0.4, 0.5) is 11.4 Å². The Balaban J connectivity index is 1.72. The fourth-order valence-corrected chi connectivity index (χ4v) is 3.44. The van der Waals surface area contributed by atoms with Crippen molar-refractivity contribution in [2.45, 2.75) is 0 Å². The Morgan fingerprint density at radius 1 is 0.962 bits per heavy atom. The first kappa shape index (κ1) is 18.8. The van der Waals surface area contributed by atoms with E-state index in [0.29, 0.717) is 36.2 Å². The van der Waals surface area contributed by atoms with Crippen molar-refractivity contribution in [3.05, 3.63) is 67.1 Å². The van der Waals surface area contributed by atoms with Crippen LogP contribution in [0.25, 0.3) is 0 Å². The Morgan fingerprint density at radius 3 is 2.27 bits per heavy atom. The van der Waals surface area contributed by atoms with Gasteiger partial charge < -0.3 is 9.80 Å². The standard InChI is InChI=1S/C17H14Cl3N3O3/c18-12-2-4-13(19)15(10-12)21-5-7-22(8-6-21)17(24)11-1-3-14(20)16(9-11)23(25)26/h1-4,9-10H,5-8H2. The van der Waals surface area contributed by atoms with Gasteiger partial charge in [0.2, 0.25) is 0 Å². The van der Waals surface area contributed by atoms with Crippen molar-refractivity contribution in [3.63, 3.8) is 0 Å². The van der Waals surface area contributed by atoms with Crippen molar-refractivity contribution in [1.29, 1.82) is 0 Å². The molecule has 0 aliphatic carbocycles. The van der Waals surface area contributed by atoms with Gasteiger partial charge in [-0.25, -0.2) is 0 Å². The van der Waals surface area contributed by atoms with Gasteiger partial charge in [-0.3, -0.25) is 14.9 Å². The molecule has 0 aromatic heterocycles. The number of nitro groups is 1. The van der Waals surface area contributed by atoms with E-state index in [4.69, 9.17) is 34.8 Å². The van der Waals surface area contributed by atoms with Gasteiger partial charge in [0.25, 0.3) is 11.6 Å². The highest BCUT2D eigenvalue weighted by atomic mass is 35.5. The van der Waals surface area contributed by atoms with Crippen LogP contribution in [0, 0.1) is 10.1 Å². The highest BCUT2D eigenvalue weighted by Gasteiger charge is 2.25. The van der Waals surface area contributed by atoms with E-state index in [1.165, 1.54) is 18.2 Å². The van der Waals surface area contributed by atoms with Crippen LogP contribution >= 0.6 is 34.8 Å². The summed E-state index contributed by atoms with van der Waals surface area (Å²) >= 11 is 18.1. The molecule has 26 heavy (non-hydrogen) atoms. The maximum atomic E-state index is 12.6. The number of hydrogen-bond donors (Lipinski definition) is 0. The highest BCUT2D eigenvalue weighted by molar-refractivity contribution is 6.35. The van der Waals surface area contributed by atoms with Crippen molar-refractivity contribution in [2.75, 3.05) is 31.1 Å². The second-order valence-electron chi connectivity index (χ2n) is 5.80. The largest absolute Gasteiger partial charge is 0.367 e. The van der Waals surface area contributed by atoms with E-state index >= 15 is 0 Å². The van der Waals surface area contributed by atoms with Crippen molar-refractivity contribution < 1.29 is 9.72 Å². The fourth-order valence-electron chi connectivity index (χ4n) is 2.85. The van der Waals surface area contributed by atoms with Crippen LogP contribution in [0.15, 0.2) is 36.4 Å². The van der Waals surface area contributed by atoms with Gasteiger partial charge in [0, 0.05) is 42.8 Å². The normalized spacial score (nSPS) is 14.4. The first-order valence-electron chi connectivity index (χ1n) is 7.80. The molecule has 2 aromatic carbocycles. The van der Waals surface area contributed by atoms with Gasteiger partial charge in [-0.05, 0) is 30.3 Å². The molecular formula is C17H14Cl3N3O3. The molecule has 1 fully saturated rings. The molecule has 1 aliphatic rings. The van der Waals surface area contributed by atoms with E-state index in [2.05, 4.69) is 4.90 Å². The summed E-state index contributed by atoms with van der Waals surface area (Å²) in [6, 6.07) is 9.34. The average molecular weight is 415 g/mol. The predicted molar refractivity (Wildman–Crippen MR) is 103 cm³/mol. The number of piperazine rings is 1. The number of carbonyl (C=O) groups is 1. The van der Waals surface area contributed by atoms with Crippen LogP contribution < -0.4 is 4.90 Å². The molecule has 0 atom stereocenters. The number of rotatable bonds is 3. The third-order valence-electron chi connectivity index (χ3n) is 4.21. The summed E-state index contributed by atoms with van der Waals surface area (Å²) in [5, 5.41) is 12.2. The summed E-state index contributed by atoms with van der Waals surface area (Å²) in [7, 11) is 0. The van der Waals surface area contributed by atoms with Gasteiger partial charge in [-0.1, -0.05) is 34.8 Å². The van der Waals surface area contributed by atoms with Crippen molar-refractivity contribution in [2.24, 2.45) is 0 Å². The first-order chi connectivity index (χ1) is 12.4. The van der Waals surface area contributed by atoms with E-state index in [9.17, 15) is 14.9 Å². The molecule has 1 saturated heterocycles. The fraction of sp³-hybridized carbons (Fsp3) is 0.235. The second-order valence-corrected chi connectivity index (χ2v) is 7.05. The smallest absolute Gasteiger partial charge is 0.288 e. The van der Waals surface area contributed by atoms with Crippen LogP contribution in [0.3, 0.4) is 0 Å². The highest BCUT2D eigenvalue weighted by Crippen LogP contribution is 2.30. The molecule has 3 rings (SSSR count). The van der Waals surface area contributed by atoms with Gasteiger partial charge in [-0.2, -0.15) is 0 Å². The first-order valence-corrected chi connectivity index (χ1v) is 8.93. The zero-order valence-electron chi connectivity index (χ0n) is 13.5. The lowest BCUT2D eigenvalue weighted by Gasteiger charge is -2.36. The summed E-state index contributed by atoms with van der Waals surface area (Å²) in [5.41, 5.74) is 0.797. The van der Waals surface area contributed by atoms with Crippen LogP contribution in [-0.2, 0) is 0 Å². The molecule has 0 unspecified atom stereocenters. The maximum absolute atomic E-state index is 12.6. The third-order valence-corrected chi connectivity index (χ3v) is 5.08. The van der Waals surface area contributed by atoms with Crippen LogP contribution in [0.2, 0.25) is 15.1 Å². The maximum Gasteiger partial charge on any atom is 0.288 e. The van der Waals surface area contributed by atoms with Gasteiger partial charge in [0.05, 0.1) is 15.6 Å². The topological polar surface area (TPSA) is 66.7 Å². The molecule has 0 radical (unpaired) electrons. The summed E-state index contributed by atoms with van der Waals surface area (Å²) in [6.45, 7) is 2.11. The van der Waals surface area contributed by atoms with E-state index < -0.39 is 4.92 Å². The molecule has 1 heterocycles. The number of nitro benzene ring substituents is 1. The van der Waals surface area contributed by atoms with Gasteiger partial charge >= 0.3 is 0 Å². The van der Waals surface area contributed by atoms with Crippen LogP contribution in [0.5, 0.6) is 0 Å². The molecule has 2 aromatic rings. The summed E-state index contributed by atoms with van der Waals surface area (Å²) in [6.07, 6.45) is 0. The monoisotopic (exact) mass is 413 g/mol. The Kier molecular flexibility index (Phi) is 5.55. The van der Waals surface area contributed by atoms with Gasteiger partial charge in [0.15, 0.2) is 0 Å². The Morgan fingerprint density at radius 2 is 1.62 bits per heavy atom. The molecule has 0 N–H and O–H groups in total. The lowest BCUT2D eigenvalue weighted by Crippen LogP contribution is -2.48. The molecule has 1 amide bonds. The van der Waals surface area contributed by atoms with E-state index in [1.807, 2.05) is 0 Å². The SMILES string of the molecule is O=C(c1ccc(Cl)c([N+](=O)[O-])c1)N1CCN(c2cc(Cl)ccc2Cl)CC1. The number of amides is 1. The minimum absolute atomic E-state index is 0.00645. The van der Waals surface area contributed by atoms with Gasteiger partial charge in [-0.15, -0.1) is 0 Å². The zero-order chi connectivity index (χ0) is 18.8. The Hall–Kier alpha value is -2.02. The van der Waals surface area contributed by atoms with E-state index in [-0.39, 0.29) is 22.2 Å². The number of nitrogens with zero attached hydrogens (tertiary/aromatic N) is 3. The minimum atomic E-state index is -0.599. The van der Waals surface area contributed by atoms with Crippen molar-refractivity contribution in [1.82, 2.24) is 4.90 Å². The number of anilines is 1. The van der Waals surface area contributed by atoms with Crippen molar-refractivity contribution >= 4 is 52.1 Å². The molecule has 0 spiro atoms. The number of halogens is 3. The predicted octanol–water partition coefficient (Wildman–Crippen LogP) is 4.52. The Bertz CT molecular complexity index is 868. The molecule has 0 bridgehead atoms. The summed E-state index contributed by atoms with van der Waals surface area (Å²) in [4.78, 5) is 26.8. The molecule has 0 saturated carbocycles. The average Bonchev–Trinajstić information content (AvgIpc) is 2.63. The number of hydrogen-bond acceptors (Lipinski definition) is 4. The molecule has 136 valence electrons. The zero-order valence-corrected chi connectivity index (χ0v) is 15.8. The van der Waals surface area contributed by atoms with E-state index in [1.54, 1.807) is 23.1 Å². The molecule has 6 nitrogen and oxygen atoms in total. The summed E-state index contributed by atoms with van der Waals surface area (Å²) < 4.78 is 0. The number of benzene rings is 2. The molecular weight excluding hydrogens is 401 g/mol. The number of carbonyl (C=O) groups excluding carboxylic acids is 1.